The van der Waals surface area contributed by atoms with Crippen molar-refractivity contribution in [2.24, 2.45) is 0 Å². The molecule has 0 radical (unpaired) electrons. The molecule has 0 aromatic heterocycles. The fourth-order valence-corrected chi connectivity index (χ4v) is 1.39. The molecule has 0 heterocycles. The third-order valence-electron chi connectivity index (χ3n) is 2.14. The van der Waals surface area contributed by atoms with Gasteiger partial charge in [0, 0.05) is 0 Å². The molecule has 0 bridgehead atoms. The number of carbonyl (C=O) groups is 1. The molecular weight excluding hydrogens is 218 g/mol. The Morgan fingerprint density at radius 3 is 2.41 bits per heavy atom. The van der Waals surface area contributed by atoms with E-state index < -0.39 is 5.97 Å². The Balaban J connectivity index is 3.13. The van der Waals surface area contributed by atoms with E-state index in [0.29, 0.717) is 11.1 Å². The van der Waals surface area contributed by atoms with Gasteiger partial charge in [0.2, 0.25) is 0 Å². The first-order valence-corrected chi connectivity index (χ1v) is 5.17. The van der Waals surface area contributed by atoms with E-state index >= 15 is 0 Å². The number of hydrogen-bond donors (Lipinski definition) is 1. The van der Waals surface area contributed by atoms with E-state index in [1.807, 2.05) is 6.07 Å². The van der Waals surface area contributed by atoms with Crippen LogP contribution < -0.4 is 0 Å². The van der Waals surface area contributed by atoms with Crippen LogP contribution >= 0.6 is 0 Å². The van der Waals surface area contributed by atoms with E-state index in [2.05, 4.69) is 0 Å². The summed E-state index contributed by atoms with van der Waals surface area (Å²) in [7, 11) is 0. The molecule has 0 fully saturated rings. The van der Waals surface area contributed by atoms with Crippen molar-refractivity contribution >= 4 is 11.5 Å². The second-order valence-corrected chi connectivity index (χ2v) is 3.37. The van der Waals surface area contributed by atoms with Gasteiger partial charge in [0.15, 0.2) is 0 Å². The summed E-state index contributed by atoms with van der Waals surface area (Å²) < 4.78 is 4.85. The van der Waals surface area contributed by atoms with Crippen molar-refractivity contribution in [2.75, 3.05) is 6.61 Å². The van der Waals surface area contributed by atoms with Gasteiger partial charge in [0.1, 0.15) is 11.3 Å². The molecule has 1 aromatic rings. The second kappa shape index (κ2) is 5.71. The number of allylic oxidation sites excluding steroid dienone is 1. The average Bonchev–Trinajstić information content (AvgIpc) is 2.30. The maximum Gasteiger partial charge on any atom is 0.342 e. The minimum absolute atomic E-state index is 0.104. The number of nitrogens with zero attached hydrogens (tertiary/aromatic N) is 1. The van der Waals surface area contributed by atoms with E-state index in [0.717, 1.165) is 0 Å². The molecule has 4 nitrogen and oxygen atoms in total. The minimum atomic E-state index is -0.572. The van der Waals surface area contributed by atoms with Crippen LogP contribution in [0.1, 0.15) is 25.0 Å². The number of nitriles is 1. The summed E-state index contributed by atoms with van der Waals surface area (Å²) in [5.74, 6) is -0.676. The molecule has 0 unspecified atom stereocenters. The van der Waals surface area contributed by atoms with E-state index in [-0.39, 0.29) is 17.9 Å². The number of ether oxygens (including phenoxy) is 1. The largest absolute Gasteiger partial charge is 0.512 e. The van der Waals surface area contributed by atoms with Gasteiger partial charge in [-0.05, 0) is 31.5 Å². The first kappa shape index (κ1) is 12.8. The monoisotopic (exact) mass is 231 g/mol. The Hall–Kier alpha value is -2.28. The fraction of sp³-hybridized carbons (Fsp3) is 0.231. The Morgan fingerprint density at radius 1 is 1.41 bits per heavy atom. The lowest BCUT2D eigenvalue weighted by Crippen LogP contribution is -2.08. The maximum absolute atomic E-state index is 11.6. The van der Waals surface area contributed by atoms with Crippen LogP contribution in [0.3, 0.4) is 0 Å². The number of esters is 1. The molecule has 0 amide bonds. The maximum atomic E-state index is 11.6. The van der Waals surface area contributed by atoms with Gasteiger partial charge in [0.05, 0.1) is 18.2 Å². The van der Waals surface area contributed by atoms with Crippen LogP contribution in [-0.2, 0) is 9.53 Å². The third-order valence-corrected chi connectivity index (χ3v) is 2.14. The first-order valence-electron chi connectivity index (χ1n) is 5.17. The molecule has 1 rings (SSSR count). The summed E-state index contributed by atoms with van der Waals surface area (Å²) in [5.41, 5.74) is 1.14. The molecule has 17 heavy (non-hydrogen) atoms. The van der Waals surface area contributed by atoms with Crippen LogP contribution in [0.5, 0.6) is 0 Å². The zero-order chi connectivity index (χ0) is 12.8. The van der Waals surface area contributed by atoms with Gasteiger partial charge < -0.3 is 9.84 Å². The van der Waals surface area contributed by atoms with Gasteiger partial charge in [0.25, 0.3) is 0 Å². The molecule has 1 aromatic carbocycles. The average molecular weight is 231 g/mol. The lowest BCUT2D eigenvalue weighted by Gasteiger charge is -2.08. The topological polar surface area (TPSA) is 70.3 Å². The predicted molar refractivity (Wildman–Crippen MR) is 63.0 cm³/mol. The van der Waals surface area contributed by atoms with Crippen molar-refractivity contribution in [1.29, 1.82) is 5.26 Å². The van der Waals surface area contributed by atoms with Crippen molar-refractivity contribution in [3.05, 3.63) is 41.2 Å². The Kier molecular flexibility index (Phi) is 4.29. The number of carbonyl (C=O) groups excluding carboxylic acids is 1. The Labute approximate surface area is 99.8 Å². The summed E-state index contributed by atoms with van der Waals surface area (Å²) in [5, 5.41) is 18.2. The highest BCUT2D eigenvalue weighted by Crippen LogP contribution is 2.19. The third kappa shape index (κ3) is 3.08. The molecule has 0 aliphatic heterocycles. The van der Waals surface area contributed by atoms with E-state index in [4.69, 9.17) is 10.00 Å². The van der Waals surface area contributed by atoms with Gasteiger partial charge in [-0.1, -0.05) is 12.1 Å². The Morgan fingerprint density at radius 2 is 2.00 bits per heavy atom. The van der Waals surface area contributed by atoms with Gasteiger partial charge in [-0.2, -0.15) is 5.26 Å². The van der Waals surface area contributed by atoms with Crippen LogP contribution in [0.15, 0.2) is 30.0 Å². The van der Waals surface area contributed by atoms with Crippen molar-refractivity contribution in [3.63, 3.8) is 0 Å². The van der Waals surface area contributed by atoms with E-state index in [9.17, 15) is 9.90 Å². The molecule has 0 aliphatic rings. The van der Waals surface area contributed by atoms with Crippen molar-refractivity contribution in [2.45, 2.75) is 13.8 Å². The molecule has 0 saturated heterocycles. The fourth-order valence-electron chi connectivity index (χ4n) is 1.39. The molecule has 0 spiro atoms. The summed E-state index contributed by atoms with van der Waals surface area (Å²) in [6.45, 7) is 3.36. The van der Waals surface area contributed by atoms with Crippen LogP contribution in [0.2, 0.25) is 0 Å². The number of benzene rings is 1. The highest BCUT2D eigenvalue weighted by atomic mass is 16.5. The number of rotatable bonds is 3. The number of aliphatic hydroxyl groups is 1. The lowest BCUT2D eigenvalue weighted by atomic mass is 10.0. The van der Waals surface area contributed by atoms with Crippen molar-refractivity contribution in [3.8, 4) is 6.07 Å². The molecule has 4 heteroatoms. The molecule has 88 valence electrons. The first-order chi connectivity index (χ1) is 8.10. The van der Waals surface area contributed by atoms with Gasteiger partial charge in [-0.25, -0.2) is 4.79 Å². The van der Waals surface area contributed by atoms with Crippen LogP contribution in [0, 0.1) is 11.3 Å². The van der Waals surface area contributed by atoms with Gasteiger partial charge in [-0.15, -0.1) is 0 Å². The minimum Gasteiger partial charge on any atom is -0.512 e. The smallest absolute Gasteiger partial charge is 0.342 e. The lowest BCUT2D eigenvalue weighted by molar-refractivity contribution is -0.136. The SMILES string of the molecule is CCOC(=O)/C(=C(/C)O)c1ccc(C#N)cc1. The van der Waals surface area contributed by atoms with E-state index in [1.165, 1.54) is 6.92 Å². The molecular formula is C13H13NO3. The molecule has 1 N–H and O–H groups in total. The molecule has 0 aliphatic carbocycles. The van der Waals surface area contributed by atoms with Crippen molar-refractivity contribution in [1.82, 2.24) is 0 Å². The standard InChI is InChI=1S/C13H13NO3/c1-3-17-13(16)12(9(2)15)11-6-4-10(8-14)5-7-11/h4-7,15H,3H2,1-2H3/b12-9-. The quantitative estimate of drug-likeness (QED) is 0.492. The zero-order valence-corrected chi connectivity index (χ0v) is 9.73. The summed E-state index contributed by atoms with van der Waals surface area (Å²) >= 11 is 0. The molecule has 0 saturated carbocycles. The normalized spacial score (nSPS) is 11.4. The van der Waals surface area contributed by atoms with Crippen molar-refractivity contribution < 1.29 is 14.6 Å². The summed E-state index contributed by atoms with van der Waals surface area (Å²) in [6.07, 6.45) is 0. The number of hydrogen-bond acceptors (Lipinski definition) is 4. The zero-order valence-electron chi connectivity index (χ0n) is 9.73. The summed E-state index contributed by atoms with van der Waals surface area (Å²) in [6, 6.07) is 8.35. The van der Waals surface area contributed by atoms with Crippen LogP contribution in [0.4, 0.5) is 0 Å². The highest BCUT2D eigenvalue weighted by Gasteiger charge is 2.16. The second-order valence-electron chi connectivity index (χ2n) is 3.37. The van der Waals surface area contributed by atoms with Crippen LogP contribution in [-0.4, -0.2) is 17.7 Å². The van der Waals surface area contributed by atoms with Gasteiger partial charge >= 0.3 is 5.97 Å². The molecule has 0 atom stereocenters. The van der Waals surface area contributed by atoms with E-state index in [1.54, 1.807) is 31.2 Å². The summed E-state index contributed by atoms with van der Waals surface area (Å²) in [4.78, 5) is 11.6. The van der Waals surface area contributed by atoms with Gasteiger partial charge in [-0.3, -0.25) is 0 Å². The Bertz CT molecular complexity index is 476. The van der Waals surface area contributed by atoms with Crippen LogP contribution in [0.25, 0.3) is 5.57 Å². The number of aliphatic hydroxyl groups excluding tert-OH is 1. The predicted octanol–water partition coefficient (Wildman–Crippen LogP) is 2.41. The highest BCUT2D eigenvalue weighted by molar-refractivity contribution is 6.17.